The summed E-state index contributed by atoms with van der Waals surface area (Å²) in [5.41, 5.74) is 2.69. The lowest BCUT2D eigenvalue weighted by Gasteiger charge is -2.14. The highest BCUT2D eigenvalue weighted by Gasteiger charge is 2.54. The van der Waals surface area contributed by atoms with Crippen LogP contribution in [0.2, 0.25) is 0 Å². The quantitative estimate of drug-likeness (QED) is 0.127. The van der Waals surface area contributed by atoms with Crippen LogP contribution in [0.25, 0.3) is 10.9 Å². The molecule has 8 heteroatoms. The summed E-state index contributed by atoms with van der Waals surface area (Å²) in [5.74, 6) is 1.28. The van der Waals surface area contributed by atoms with Crippen molar-refractivity contribution in [1.29, 1.82) is 0 Å². The number of pyridine rings is 1. The Bertz CT molecular complexity index is 1590. The minimum atomic E-state index is -0.928. The zero-order valence-corrected chi connectivity index (χ0v) is 22.6. The normalized spacial score (nSPS) is 14.1. The number of ketones is 2. The first kappa shape index (κ1) is 27.0. The highest BCUT2D eigenvalue weighted by molar-refractivity contribution is 6.11. The third-order valence-corrected chi connectivity index (χ3v) is 7.25. The first-order chi connectivity index (χ1) is 19.3. The van der Waals surface area contributed by atoms with E-state index >= 15 is 0 Å². The second kappa shape index (κ2) is 11.3. The van der Waals surface area contributed by atoms with Gasteiger partial charge in [0, 0.05) is 36.1 Å². The van der Waals surface area contributed by atoms with Crippen molar-refractivity contribution in [3.8, 4) is 17.2 Å². The maximum Gasteiger partial charge on any atom is 0.150 e. The number of hydrogen-bond acceptors (Lipinski definition) is 7. The third-order valence-electron chi connectivity index (χ3n) is 7.25. The fraction of sp³-hybridized carbons (Fsp3) is 0.250. The molecule has 1 fully saturated rings. The summed E-state index contributed by atoms with van der Waals surface area (Å²) < 4.78 is 24.9. The molecule has 0 unspecified atom stereocenters. The largest absolute Gasteiger partial charge is 0.496 e. The average molecular weight is 541 g/mol. The smallest absolute Gasteiger partial charge is 0.150 e. The highest BCUT2D eigenvalue weighted by atomic mass is 19.1. The van der Waals surface area contributed by atoms with Gasteiger partial charge in [-0.3, -0.25) is 14.6 Å². The van der Waals surface area contributed by atoms with E-state index in [2.05, 4.69) is 10.1 Å². The molecule has 0 bridgehead atoms. The molecule has 1 saturated carbocycles. The summed E-state index contributed by atoms with van der Waals surface area (Å²) in [6, 6.07) is 18.6. The topological polar surface area (TPSA) is 87.1 Å². The fourth-order valence-electron chi connectivity index (χ4n) is 4.83. The number of Topliss-reactive ketones (excluding diaryl/α,β-unsaturated/α-hetero) is 2. The third kappa shape index (κ3) is 5.57. The van der Waals surface area contributed by atoms with Gasteiger partial charge in [-0.2, -0.15) is 0 Å². The molecule has 0 atom stereocenters. The van der Waals surface area contributed by atoms with Crippen molar-refractivity contribution in [3.05, 3.63) is 95.4 Å². The number of benzene rings is 3. The van der Waals surface area contributed by atoms with Crippen molar-refractivity contribution in [2.24, 2.45) is 10.6 Å². The summed E-state index contributed by atoms with van der Waals surface area (Å²) in [6.45, 7) is 1.83. The number of carbonyl (C=O) groups is 2. The number of oxime groups is 1. The van der Waals surface area contributed by atoms with Crippen LogP contribution in [0.5, 0.6) is 17.2 Å². The minimum Gasteiger partial charge on any atom is -0.496 e. The van der Waals surface area contributed by atoms with E-state index in [-0.39, 0.29) is 30.2 Å². The Morgan fingerprint density at radius 2 is 1.52 bits per heavy atom. The summed E-state index contributed by atoms with van der Waals surface area (Å²) in [7, 11) is 3.07. The monoisotopic (exact) mass is 540 g/mol. The maximum atomic E-state index is 13.2. The van der Waals surface area contributed by atoms with Crippen LogP contribution in [0, 0.1) is 11.2 Å². The van der Waals surface area contributed by atoms with Crippen LogP contribution in [0.1, 0.15) is 36.5 Å². The molecular weight excluding hydrogens is 511 g/mol. The van der Waals surface area contributed by atoms with Crippen molar-refractivity contribution in [2.75, 3.05) is 14.2 Å². The lowest BCUT2D eigenvalue weighted by Crippen LogP contribution is -2.28. The molecule has 0 spiro atoms. The number of aromatic nitrogens is 1. The van der Waals surface area contributed by atoms with E-state index in [1.165, 1.54) is 19.2 Å². The summed E-state index contributed by atoms with van der Waals surface area (Å²) in [6.07, 6.45) is 3.07. The Morgan fingerprint density at radius 3 is 2.10 bits per heavy atom. The minimum absolute atomic E-state index is 0.0806. The van der Waals surface area contributed by atoms with Gasteiger partial charge < -0.3 is 14.3 Å². The predicted octanol–water partition coefficient (Wildman–Crippen LogP) is 6.25. The molecule has 4 aromatic rings. The number of carbonyl (C=O) groups excluding carboxylic acids is 2. The van der Waals surface area contributed by atoms with Crippen molar-refractivity contribution in [3.63, 3.8) is 0 Å². The number of halogens is 1. The SMILES string of the molecule is CO/N=C(\C)c1cc2c(Oc3ccc(CC(=O)C4(C(=O)Cc5ccc(F)cc5)CC4)cc3)ccnc2cc1OC. The lowest BCUT2D eigenvalue weighted by molar-refractivity contribution is -0.133. The van der Waals surface area contributed by atoms with Crippen LogP contribution < -0.4 is 9.47 Å². The molecule has 1 heterocycles. The number of fused-ring (bicyclic) bond motifs is 1. The predicted molar refractivity (Wildman–Crippen MR) is 150 cm³/mol. The Hall–Kier alpha value is -4.59. The van der Waals surface area contributed by atoms with Gasteiger partial charge in [0.2, 0.25) is 0 Å². The van der Waals surface area contributed by atoms with Gasteiger partial charge >= 0.3 is 0 Å². The molecule has 1 aliphatic rings. The molecular formula is C32H29FN2O5. The van der Waals surface area contributed by atoms with E-state index in [4.69, 9.17) is 14.3 Å². The van der Waals surface area contributed by atoms with E-state index < -0.39 is 5.41 Å². The number of nitrogens with zero attached hydrogens (tertiary/aromatic N) is 2. The average Bonchev–Trinajstić information content (AvgIpc) is 3.77. The van der Waals surface area contributed by atoms with Gasteiger partial charge in [0.25, 0.3) is 0 Å². The summed E-state index contributed by atoms with van der Waals surface area (Å²) in [5, 5.41) is 4.80. The zero-order valence-electron chi connectivity index (χ0n) is 22.6. The highest BCUT2D eigenvalue weighted by Crippen LogP contribution is 2.49. The molecule has 0 aliphatic heterocycles. The molecule has 5 rings (SSSR count). The van der Waals surface area contributed by atoms with Crippen LogP contribution >= 0.6 is 0 Å². The lowest BCUT2D eigenvalue weighted by atomic mass is 9.88. The van der Waals surface area contributed by atoms with Crippen molar-refractivity contribution >= 4 is 28.2 Å². The second-order valence-electron chi connectivity index (χ2n) is 9.89. The number of rotatable bonds is 11. The van der Waals surface area contributed by atoms with Crippen molar-refractivity contribution < 1.29 is 28.3 Å². The van der Waals surface area contributed by atoms with E-state index in [1.807, 2.05) is 31.2 Å². The molecule has 0 saturated heterocycles. The first-order valence-corrected chi connectivity index (χ1v) is 13.0. The van der Waals surface area contributed by atoms with Crippen LogP contribution in [0.4, 0.5) is 4.39 Å². The molecule has 1 aliphatic carbocycles. The van der Waals surface area contributed by atoms with Gasteiger partial charge in [-0.1, -0.05) is 29.4 Å². The fourth-order valence-corrected chi connectivity index (χ4v) is 4.83. The summed E-state index contributed by atoms with van der Waals surface area (Å²) >= 11 is 0. The van der Waals surface area contributed by atoms with E-state index in [1.54, 1.807) is 43.6 Å². The molecule has 0 radical (unpaired) electrons. The van der Waals surface area contributed by atoms with Crippen LogP contribution in [0.15, 0.2) is 78.1 Å². The van der Waals surface area contributed by atoms with E-state index in [0.717, 1.165) is 16.5 Å². The number of methoxy groups -OCH3 is 1. The standard InChI is InChI=1S/C32H29FN2O5/c1-20(35-39-3)25-18-26-27(19-29(25)38-2)34-15-12-28(26)40-24-10-6-22(7-11-24)17-31(37)32(13-14-32)30(36)16-21-4-8-23(33)9-5-21/h4-12,15,18-19H,13-14,16-17H2,1-3H3/b35-20+. The maximum absolute atomic E-state index is 13.2. The molecule has 204 valence electrons. The van der Waals surface area contributed by atoms with Crippen LogP contribution in [0.3, 0.4) is 0 Å². The molecule has 1 aromatic heterocycles. The van der Waals surface area contributed by atoms with E-state index in [0.29, 0.717) is 46.9 Å². The Morgan fingerprint density at radius 1 is 0.900 bits per heavy atom. The molecule has 0 N–H and O–H groups in total. The molecule has 0 amide bonds. The van der Waals surface area contributed by atoms with E-state index in [9.17, 15) is 14.0 Å². The van der Waals surface area contributed by atoms with Gasteiger partial charge in [-0.25, -0.2) is 4.39 Å². The van der Waals surface area contributed by atoms with Gasteiger partial charge in [0.1, 0.15) is 30.2 Å². The van der Waals surface area contributed by atoms with Crippen molar-refractivity contribution in [2.45, 2.75) is 32.6 Å². The van der Waals surface area contributed by atoms with Crippen molar-refractivity contribution in [1.82, 2.24) is 4.98 Å². The van der Waals surface area contributed by atoms with Gasteiger partial charge in [-0.15, -0.1) is 0 Å². The van der Waals surface area contributed by atoms with Gasteiger partial charge in [0.05, 0.1) is 23.8 Å². The molecule has 3 aromatic carbocycles. The first-order valence-electron chi connectivity index (χ1n) is 13.0. The Labute approximate surface area is 231 Å². The van der Waals surface area contributed by atoms with Crippen LogP contribution in [-0.4, -0.2) is 36.5 Å². The molecule has 40 heavy (non-hydrogen) atoms. The van der Waals surface area contributed by atoms with Gasteiger partial charge in [-0.05, 0) is 67.3 Å². The molecule has 7 nitrogen and oxygen atoms in total. The Balaban J connectivity index is 1.30. The number of hydrogen-bond donors (Lipinski definition) is 0. The second-order valence-corrected chi connectivity index (χ2v) is 9.89. The van der Waals surface area contributed by atoms with Crippen LogP contribution in [-0.2, 0) is 27.3 Å². The summed E-state index contributed by atoms with van der Waals surface area (Å²) in [4.78, 5) is 35.5. The number of ether oxygens (including phenoxy) is 2. The Kier molecular flexibility index (Phi) is 7.60. The van der Waals surface area contributed by atoms with Gasteiger partial charge in [0.15, 0.2) is 11.6 Å². The zero-order chi connectivity index (χ0) is 28.3.